The van der Waals surface area contributed by atoms with Crippen molar-refractivity contribution < 1.29 is 80.6 Å². The molecular formula is C28H22NiO14S2. The van der Waals surface area contributed by atoms with Crippen molar-refractivity contribution >= 4 is 65.7 Å². The van der Waals surface area contributed by atoms with Crippen molar-refractivity contribution in [2.45, 2.75) is 9.79 Å². The number of hydrogen-bond acceptors (Lipinski definition) is 14. The summed E-state index contributed by atoms with van der Waals surface area (Å²) in [5.74, 6) is -2.89. The van der Waals surface area contributed by atoms with E-state index in [9.17, 15) is 45.1 Å². The number of esters is 4. The van der Waals surface area contributed by atoms with Crippen molar-refractivity contribution in [3.8, 4) is 0 Å². The van der Waals surface area contributed by atoms with E-state index in [1.807, 2.05) is 0 Å². The second-order valence-electron chi connectivity index (χ2n) is 8.70. The predicted octanol–water partition coefficient (Wildman–Crippen LogP) is 2.63. The van der Waals surface area contributed by atoms with E-state index < -0.39 is 53.9 Å². The van der Waals surface area contributed by atoms with Gasteiger partial charge in [-0.3, -0.25) is 0 Å². The third-order valence-electron chi connectivity index (χ3n) is 6.06. The van der Waals surface area contributed by atoms with Crippen molar-refractivity contribution in [3.05, 3.63) is 82.9 Å². The summed E-state index contributed by atoms with van der Waals surface area (Å²) in [5, 5.41) is 0.686. The minimum Gasteiger partial charge on any atom is -0.744 e. The fourth-order valence-electron chi connectivity index (χ4n) is 4.02. The summed E-state index contributed by atoms with van der Waals surface area (Å²) in [6.45, 7) is 0. The third-order valence-corrected chi connectivity index (χ3v) is 7.81. The summed E-state index contributed by atoms with van der Waals surface area (Å²) in [6.07, 6.45) is 0. The quantitative estimate of drug-likeness (QED) is 0.122. The van der Waals surface area contributed by atoms with Gasteiger partial charge in [0.2, 0.25) is 0 Å². The van der Waals surface area contributed by atoms with Crippen molar-refractivity contribution in [1.82, 2.24) is 0 Å². The summed E-state index contributed by atoms with van der Waals surface area (Å²) in [5.41, 5.74) is 0.0296. The molecule has 0 saturated carbocycles. The summed E-state index contributed by atoms with van der Waals surface area (Å²) in [4.78, 5) is 45.0. The number of rotatable bonds is 6. The second kappa shape index (κ2) is 14.6. The Morgan fingerprint density at radius 1 is 0.489 bits per heavy atom. The van der Waals surface area contributed by atoms with Crippen LogP contribution in [0.5, 0.6) is 0 Å². The van der Waals surface area contributed by atoms with Gasteiger partial charge in [0, 0.05) is 10.8 Å². The third kappa shape index (κ3) is 8.41. The van der Waals surface area contributed by atoms with Crippen molar-refractivity contribution in [2.75, 3.05) is 28.4 Å². The van der Waals surface area contributed by atoms with Gasteiger partial charge in [0.05, 0.1) is 60.5 Å². The molecule has 45 heavy (non-hydrogen) atoms. The van der Waals surface area contributed by atoms with Crippen LogP contribution in [0.1, 0.15) is 41.4 Å². The summed E-state index contributed by atoms with van der Waals surface area (Å²) < 4.78 is 86.8. The summed E-state index contributed by atoms with van der Waals surface area (Å²) in [7, 11) is -5.07. The van der Waals surface area contributed by atoms with Gasteiger partial charge in [-0.15, -0.1) is 0 Å². The zero-order valence-corrected chi connectivity index (χ0v) is 26.2. The van der Waals surface area contributed by atoms with Crippen molar-refractivity contribution in [1.29, 1.82) is 0 Å². The Bertz CT molecular complexity index is 1890. The Kier molecular flexibility index (Phi) is 11.9. The zero-order valence-electron chi connectivity index (χ0n) is 23.6. The van der Waals surface area contributed by atoms with E-state index >= 15 is 0 Å². The van der Waals surface area contributed by atoms with E-state index in [1.165, 1.54) is 62.8 Å². The number of hydrogen-bond donors (Lipinski definition) is 0. The molecule has 0 atom stereocenters. The molecule has 0 bridgehead atoms. The van der Waals surface area contributed by atoms with E-state index in [1.54, 1.807) is 0 Å². The normalized spacial score (nSPS) is 11.0. The molecule has 0 fully saturated rings. The van der Waals surface area contributed by atoms with Crippen molar-refractivity contribution in [3.63, 3.8) is 0 Å². The number of carbonyl (C=O) groups excluding carboxylic acids is 4. The van der Waals surface area contributed by atoms with E-state index in [0.29, 0.717) is 10.8 Å². The molecule has 0 aliphatic heterocycles. The average Bonchev–Trinajstić information content (AvgIpc) is 3.00. The van der Waals surface area contributed by atoms with Crippen LogP contribution in [0, 0.1) is 0 Å². The van der Waals surface area contributed by atoms with Gasteiger partial charge in [-0.25, -0.2) is 36.0 Å². The number of benzene rings is 4. The number of fused-ring (bicyclic) bond motifs is 2. The molecule has 0 radical (unpaired) electrons. The van der Waals surface area contributed by atoms with Gasteiger partial charge in [0.25, 0.3) is 0 Å². The van der Waals surface area contributed by atoms with Crippen LogP contribution in [-0.2, 0) is 55.7 Å². The average molecular weight is 705 g/mol. The van der Waals surface area contributed by atoms with E-state index in [4.69, 9.17) is 0 Å². The van der Waals surface area contributed by atoms with Gasteiger partial charge in [-0.05, 0) is 59.3 Å². The maximum absolute atomic E-state index is 11.6. The van der Waals surface area contributed by atoms with E-state index in [2.05, 4.69) is 18.9 Å². The topological polar surface area (TPSA) is 220 Å². The fraction of sp³-hybridized carbons (Fsp3) is 0.143. The van der Waals surface area contributed by atoms with Crippen molar-refractivity contribution in [2.24, 2.45) is 0 Å². The smallest absolute Gasteiger partial charge is 0.744 e. The minimum atomic E-state index is -4.85. The SMILES string of the molecule is COC(=O)c1cc(S(=O)(=O)[O-])c2cc(C(=O)OC)ccc2c1.COC(=O)c1cc(S(=O)(=O)[O-])c2cc(C(=O)OC)ccc2c1.[Ni+2]. The van der Waals surface area contributed by atoms with E-state index in [0.717, 1.165) is 26.4 Å². The van der Waals surface area contributed by atoms with Gasteiger partial charge in [0.1, 0.15) is 20.2 Å². The Hall–Kier alpha value is -4.41. The van der Waals surface area contributed by atoms with Crippen LogP contribution < -0.4 is 0 Å². The molecule has 4 rings (SSSR count). The van der Waals surface area contributed by atoms with Crippen LogP contribution in [-0.4, -0.2) is 78.3 Å². The molecule has 0 heterocycles. The molecule has 17 heteroatoms. The molecule has 4 aromatic rings. The molecule has 0 amide bonds. The summed E-state index contributed by atoms with van der Waals surface area (Å²) >= 11 is 0. The summed E-state index contributed by atoms with van der Waals surface area (Å²) in [6, 6.07) is 12.7. The second-order valence-corrected chi connectivity index (χ2v) is 11.4. The van der Waals surface area contributed by atoms with Crippen LogP contribution >= 0.6 is 0 Å². The fourth-order valence-corrected chi connectivity index (χ4v) is 5.46. The van der Waals surface area contributed by atoms with Crippen LogP contribution in [0.3, 0.4) is 0 Å². The first-order chi connectivity index (χ1) is 20.5. The largest absolute Gasteiger partial charge is 2.00 e. The molecule has 0 aromatic heterocycles. The molecule has 4 aromatic carbocycles. The first kappa shape index (κ1) is 36.8. The van der Waals surface area contributed by atoms with Crippen LogP contribution in [0.2, 0.25) is 0 Å². The zero-order chi connectivity index (χ0) is 33.0. The van der Waals surface area contributed by atoms with Gasteiger partial charge in [-0.1, -0.05) is 12.1 Å². The number of carbonyl (C=O) groups is 4. The molecule has 0 N–H and O–H groups in total. The molecule has 0 aliphatic carbocycles. The Morgan fingerprint density at radius 3 is 1.04 bits per heavy atom. The predicted molar refractivity (Wildman–Crippen MR) is 149 cm³/mol. The van der Waals surface area contributed by atoms with Gasteiger partial charge in [-0.2, -0.15) is 0 Å². The molecular weight excluding hydrogens is 683 g/mol. The number of ether oxygens (including phenoxy) is 4. The van der Waals surface area contributed by atoms with Crippen LogP contribution in [0.25, 0.3) is 21.5 Å². The molecule has 0 aliphatic rings. The molecule has 0 unspecified atom stereocenters. The maximum Gasteiger partial charge on any atom is 2.00 e. The van der Waals surface area contributed by atoms with Gasteiger partial charge >= 0.3 is 40.4 Å². The van der Waals surface area contributed by atoms with Gasteiger partial charge < -0.3 is 28.1 Å². The minimum absolute atomic E-state index is 0. The Labute approximate surface area is 266 Å². The molecule has 240 valence electrons. The monoisotopic (exact) mass is 704 g/mol. The van der Waals surface area contributed by atoms with E-state index in [-0.39, 0.29) is 49.5 Å². The first-order valence-electron chi connectivity index (χ1n) is 12.0. The maximum atomic E-state index is 11.6. The van der Waals surface area contributed by atoms with Gasteiger partial charge in [0.15, 0.2) is 0 Å². The Morgan fingerprint density at radius 2 is 0.778 bits per heavy atom. The standard InChI is InChI=1S/2C14H12O7S.Ni/c2*1-20-13(15)9-4-3-8-5-10(14(16)21-2)7-12(11(8)6-9)22(17,18)19;/h2*3-7H,1-2H3,(H,17,18,19);/q;;+2/p-2. The molecule has 0 spiro atoms. The van der Waals surface area contributed by atoms with Crippen LogP contribution in [0.4, 0.5) is 0 Å². The molecule has 0 saturated heterocycles. The number of methoxy groups -OCH3 is 4. The molecule has 14 nitrogen and oxygen atoms in total. The van der Waals surface area contributed by atoms with Crippen LogP contribution in [0.15, 0.2) is 70.5 Å². The first-order valence-corrected chi connectivity index (χ1v) is 14.8. The Balaban J connectivity index is 0.000000307.